The highest BCUT2D eigenvalue weighted by atomic mass is 79.9. The monoisotopic (exact) mass is 320 g/mol. The summed E-state index contributed by atoms with van der Waals surface area (Å²) in [6.07, 6.45) is 1.83. The number of nitrogens with zero attached hydrogens (tertiary/aromatic N) is 2. The molecule has 0 aliphatic heterocycles. The summed E-state index contributed by atoms with van der Waals surface area (Å²) in [7, 11) is 0. The maximum absolute atomic E-state index is 5.93. The number of hydrogen-bond donors (Lipinski definition) is 2. The second-order valence-electron chi connectivity index (χ2n) is 4.38. The normalized spacial score (nSPS) is 10.5. The number of hydrogen-bond acceptors (Lipinski definition) is 4. The number of aryl methyl sites for hydroxylation is 1. The van der Waals surface area contributed by atoms with E-state index in [1.165, 1.54) is 0 Å². The molecule has 0 bridgehead atoms. The van der Waals surface area contributed by atoms with Crippen LogP contribution in [0.4, 0.5) is 17.3 Å². The van der Waals surface area contributed by atoms with E-state index in [1.807, 2.05) is 31.2 Å². The van der Waals surface area contributed by atoms with Gasteiger partial charge in [0.2, 0.25) is 0 Å². The zero-order valence-corrected chi connectivity index (χ0v) is 12.7. The van der Waals surface area contributed by atoms with Gasteiger partial charge in [-0.2, -0.15) is 0 Å². The second-order valence-corrected chi connectivity index (χ2v) is 5.30. The van der Waals surface area contributed by atoms with Crippen molar-refractivity contribution in [2.45, 2.75) is 26.7 Å². The summed E-state index contributed by atoms with van der Waals surface area (Å²) in [4.78, 5) is 8.83. The zero-order valence-electron chi connectivity index (χ0n) is 11.1. The SMILES string of the molecule is CCCc1nc(N)c(C)c(Nc2cccc(Br)c2)n1. The van der Waals surface area contributed by atoms with Crippen LogP contribution < -0.4 is 11.1 Å². The minimum atomic E-state index is 0.538. The van der Waals surface area contributed by atoms with Crippen LogP contribution in [-0.2, 0) is 6.42 Å². The number of aromatic nitrogens is 2. The van der Waals surface area contributed by atoms with E-state index in [0.717, 1.165) is 40.2 Å². The van der Waals surface area contributed by atoms with Crippen LogP contribution in [0.15, 0.2) is 28.7 Å². The van der Waals surface area contributed by atoms with Crippen LogP contribution in [0.5, 0.6) is 0 Å². The molecule has 0 spiro atoms. The molecule has 0 atom stereocenters. The fourth-order valence-electron chi connectivity index (χ4n) is 1.74. The molecule has 0 saturated carbocycles. The van der Waals surface area contributed by atoms with Crippen LogP contribution in [0.1, 0.15) is 24.7 Å². The summed E-state index contributed by atoms with van der Waals surface area (Å²) in [6, 6.07) is 7.94. The Bertz CT molecular complexity index is 584. The Balaban J connectivity index is 2.33. The van der Waals surface area contributed by atoms with E-state index < -0.39 is 0 Å². The maximum atomic E-state index is 5.93. The van der Waals surface area contributed by atoms with Crippen molar-refractivity contribution in [2.24, 2.45) is 0 Å². The largest absolute Gasteiger partial charge is 0.383 e. The molecule has 100 valence electrons. The van der Waals surface area contributed by atoms with Crippen molar-refractivity contribution in [3.63, 3.8) is 0 Å². The van der Waals surface area contributed by atoms with Gasteiger partial charge >= 0.3 is 0 Å². The smallest absolute Gasteiger partial charge is 0.139 e. The molecule has 2 rings (SSSR count). The molecule has 3 N–H and O–H groups in total. The first-order valence-corrected chi connectivity index (χ1v) is 7.05. The fourth-order valence-corrected chi connectivity index (χ4v) is 2.14. The highest BCUT2D eigenvalue weighted by Gasteiger charge is 2.08. The number of rotatable bonds is 4. The molecule has 1 aromatic carbocycles. The molecule has 0 amide bonds. The Morgan fingerprint density at radius 3 is 2.79 bits per heavy atom. The van der Waals surface area contributed by atoms with Gasteiger partial charge in [0.1, 0.15) is 17.5 Å². The average molecular weight is 321 g/mol. The first kappa shape index (κ1) is 13.8. The quantitative estimate of drug-likeness (QED) is 0.898. The van der Waals surface area contributed by atoms with Crippen molar-refractivity contribution >= 4 is 33.3 Å². The van der Waals surface area contributed by atoms with E-state index in [-0.39, 0.29) is 0 Å². The van der Waals surface area contributed by atoms with E-state index in [9.17, 15) is 0 Å². The van der Waals surface area contributed by atoms with Gasteiger partial charge in [-0.25, -0.2) is 9.97 Å². The summed E-state index contributed by atoms with van der Waals surface area (Å²) in [6.45, 7) is 4.02. The summed E-state index contributed by atoms with van der Waals surface area (Å²) < 4.78 is 1.02. The lowest BCUT2D eigenvalue weighted by molar-refractivity contribution is 0.836. The van der Waals surface area contributed by atoms with Crippen LogP contribution in [-0.4, -0.2) is 9.97 Å². The van der Waals surface area contributed by atoms with E-state index in [4.69, 9.17) is 5.73 Å². The third kappa shape index (κ3) is 3.44. The van der Waals surface area contributed by atoms with Gasteiger partial charge in [0.25, 0.3) is 0 Å². The summed E-state index contributed by atoms with van der Waals surface area (Å²) >= 11 is 3.45. The summed E-state index contributed by atoms with van der Waals surface area (Å²) in [5.41, 5.74) is 7.78. The molecule has 4 nitrogen and oxygen atoms in total. The molecule has 0 radical (unpaired) electrons. The highest BCUT2D eigenvalue weighted by Crippen LogP contribution is 2.24. The number of nitrogen functional groups attached to an aromatic ring is 1. The van der Waals surface area contributed by atoms with Gasteiger partial charge in [-0.05, 0) is 31.5 Å². The van der Waals surface area contributed by atoms with Crippen molar-refractivity contribution in [2.75, 3.05) is 11.1 Å². The molecule has 1 aromatic heterocycles. The maximum Gasteiger partial charge on any atom is 0.139 e. The van der Waals surface area contributed by atoms with Crippen LogP contribution >= 0.6 is 15.9 Å². The Morgan fingerprint density at radius 1 is 1.32 bits per heavy atom. The van der Waals surface area contributed by atoms with Crippen molar-refractivity contribution in [1.29, 1.82) is 0 Å². The lowest BCUT2D eigenvalue weighted by atomic mass is 10.2. The van der Waals surface area contributed by atoms with Crippen molar-refractivity contribution < 1.29 is 0 Å². The molecule has 0 saturated heterocycles. The number of benzene rings is 1. The molecule has 5 heteroatoms. The number of anilines is 3. The van der Waals surface area contributed by atoms with Crippen LogP contribution in [0.2, 0.25) is 0 Å². The summed E-state index contributed by atoms with van der Waals surface area (Å²) in [5.74, 6) is 2.09. The Labute approximate surface area is 121 Å². The van der Waals surface area contributed by atoms with Gasteiger partial charge in [0, 0.05) is 22.1 Å². The minimum absolute atomic E-state index is 0.538. The molecule has 2 aromatic rings. The average Bonchev–Trinajstić information content (AvgIpc) is 2.36. The number of nitrogens with one attached hydrogen (secondary N) is 1. The van der Waals surface area contributed by atoms with Crippen LogP contribution in [0.25, 0.3) is 0 Å². The molecular formula is C14H17BrN4. The van der Waals surface area contributed by atoms with Gasteiger partial charge in [-0.1, -0.05) is 28.9 Å². The topological polar surface area (TPSA) is 63.8 Å². The molecule has 0 fully saturated rings. The van der Waals surface area contributed by atoms with Crippen molar-refractivity contribution in [1.82, 2.24) is 9.97 Å². The Kier molecular flexibility index (Phi) is 4.37. The van der Waals surface area contributed by atoms with Crippen LogP contribution in [0, 0.1) is 6.92 Å². The van der Waals surface area contributed by atoms with E-state index in [2.05, 4.69) is 38.1 Å². The first-order chi connectivity index (χ1) is 9.10. The minimum Gasteiger partial charge on any atom is -0.383 e. The first-order valence-electron chi connectivity index (χ1n) is 6.25. The van der Waals surface area contributed by atoms with Gasteiger partial charge in [-0.15, -0.1) is 0 Å². The third-order valence-corrected chi connectivity index (χ3v) is 3.28. The highest BCUT2D eigenvalue weighted by molar-refractivity contribution is 9.10. The fraction of sp³-hybridized carbons (Fsp3) is 0.286. The van der Waals surface area contributed by atoms with Gasteiger partial charge in [-0.3, -0.25) is 0 Å². The Morgan fingerprint density at radius 2 is 2.11 bits per heavy atom. The van der Waals surface area contributed by atoms with Gasteiger partial charge < -0.3 is 11.1 Å². The molecular weight excluding hydrogens is 304 g/mol. The molecule has 1 heterocycles. The number of halogens is 1. The number of nitrogens with two attached hydrogens (primary N) is 1. The summed E-state index contributed by atoms with van der Waals surface area (Å²) in [5, 5.41) is 3.29. The van der Waals surface area contributed by atoms with Crippen LogP contribution in [0.3, 0.4) is 0 Å². The lowest BCUT2D eigenvalue weighted by Gasteiger charge is -2.12. The van der Waals surface area contributed by atoms with Gasteiger partial charge in [0.05, 0.1) is 0 Å². The third-order valence-electron chi connectivity index (χ3n) is 2.79. The molecule has 0 unspecified atom stereocenters. The standard InChI is InChI=1S/C14H17BrN4/c1-3-5-12-18-13(16)9(2)14(19-12)17-11-7-4-6-10(15)8-11/h4,6-8H,3,5H2,1-2H3,(H3,16,17,18,19). The lowest BCUT2D eigenvalue weighted by Crippen LogP contribution is -2.07. The van der Waals surface area contributed by atoms with Crippen molar-refractivity contribution in [3.05, 3.63) is 40.1 Å². The van der Waals surface area contributed by atoms with E-state index >= 15 is 0 Å². The molecule has 0 aliphatic rings. The predicted octanol–water partition coefficient (Wildman–Crippen LogP) is 3.83. The molecule has 19 heavy (non-hydrogen) atoms. The van der Waals surface area contributed by atoms with Gasteiger partial charge in [0.15, 0.2) is 0 Å². The Hall–Kier alpha value is -1.62. The second kappa shape index (κ2) is 6.02. The van der Waals surface area contributed by atoms with E-state index in [0.29, 0.717) is 5.82 Å². The zero-order chi connectivity index (χ0) is 13.8. The predicted molar refractivity (Wildman–Crippen MR) is 82.6 cm³/mol. The van der Waals surface area contributed by atoms with Crippen molar-refractivity contribution in [3.8, 4) is 0 Å². The molecule has 0 aliphatic carbocycles. The van der Waals surface area contributed by atoms with E-state index in [1.54, 1.807) is 0 Å².